The lowest BCUT2D eigenvalue weighted by Gasteiger charge is -2.07. The van der Waals surface area contributed by atoms with Crippen LogP contribution >= 0.6 is 0 Å². The number of para-hydroxylation sites is 2. The van der Waals surface area contributed by atoms with Crippen LogP contribution in [-0.4, -0.2) is 21.1 Å². The lowest BCUT2D eigenvalue weighted by Crippen LogP contribution is -2.09. The van der Waals surface area contributed by atoms with E-state index in [-0.39, 0.29) is 0 Å². The Hall–Kier alpha value is -2.20. The van der Waals surface area contributed by atoms with Crippen molar-refractivity contribution in [3.63, 3.8) is 0 Å². The molecule has 3 aromatic rings. The van der Waals surface area contributed by atoms with Gasteiger partial charge in [0.2, 0.25) is 0 Å². The quantitative estimate of drug-likeness (QED) is 0.777. The number of pyridine rings is 1. The second-order valence-corrected chi connectivity index (χ2v) is 4.58. The molecule has 0 aliphatic rings. The predicted molar refractivity (Wildman–Crippen MR) is 76.4 cm³/mol. The summed E-state index contributed by atoms with van der Waals surface area (Å²) in [6, 6.07) is 12.2. The van der Waals surface area contributed by atoms with Crippen LogP contribution in [0.3, 0.4) is 0 Å². The molecule has 0 unspecified atom stereocenters. The first-order valence-corrected chi connectivity index (χ1v) is 6.39. The molecule has 0 saturated heterocycles. The number of benzene rings is 1. The highest BCUT2D eigenvalue weighted by Crippen LogP contribution is 2.20. The van der Waals surface area contributed by atoms with E-state index in [1.54, 1.807) is 0 Å². The molecule has 2 N–H and O–H groups in total. The molecule has 2 aromatic heterocycles. The molecule has 2 heterocycles. The number of nitrogens with two attached hydrogens (primary N) is 1. The molecule has 4 nitrogen and oxygen atoms in total. The Bertz CT molecular complexity index is 698. The van der Waals surface area contributed by atoms with Crippen molar-refractivity contribution in [3.8, 4) is 5.82 Å². The Labute approximate surface area is 111 Å². The fourth-order valence-corrected chi connectivity index (χ4v) is 2.22. The van der Waals surface area contributed by atoms with Crippen LogP contribution in [0, 0.1) is 6.92 Å². The minimum atomic E-state index is 0.579. The van der Waals surface area contributed by atoms with Gasteiger partial charge >= 0.3 is 0 Å². The topological polar surface area (TPSA) is 56.7 Å². The summed E-state index contributed by atoms with van der Waals surface area (Å²) in [6.45, 7) is 2.61. The molecule has 0 aliphatic heterocycles. The second-order valence-electron chi connectivity index (χ2n) is 4.58. The van der Waals surface area contributed by atoms with E-state index in [1.165, 1.54) is 0 Å². The van der Waals surface area contributed by atoms with Gasteiger partial charge < -0.3 is 5.73 Å². The highest BCUT2D eigenvalue weighted by Gasteiger charge is 2.11. The molecule has 0 radical (unpaired) electrons. The molecule has 0 saturated carbocycles. The Morgan fingerprint density at radius 3 is 2.74 bits per heavy atom. The standard InChI is InChI=1S/C15H16N4/c1-11-6-7-14(17-10-11)19-13-5-3-2-4-12(13)18-15(19)8-9-16/h2-7,10H,8-9,16H2,1H3. The van der Waals surface area contributed by atoms with Crippen molar-refractivity contribution in [1.29, 1.82) is 0 Å². The third-order valence-corrected chi connectivity index (χ3v) is 3.12. The van der Waals surface area contributed by atoms with Crippen LogP contribution in [0.15, 0.2) is 42.6 Å². The monoisotopic (exact) mass is 252 g/mol. The average Bonchev–Trinajstić information content (AvgIpc) is 2.78. The maximum Gasteiger partial charge on any atom is 0.138 e. The Kier molecular flexibility index (Phi) is 3.01. The number of hydrogen-bond acceptors (Lipinski definition) is 3. The first-order chi connectivity index (χ1) is 9.29. The minimum absolute atomic E-state index is 0.579. The molecular formula is C15H16N4. The highest BCUT2D eigenvalue weighted by atomic mass is 15.1. The van der Waals surface area contributed by atoms with Gasteiger partial charge in [0.25, 0.3) is 0 Å². The van der Waals surface area contributed by atoms with Gasteiger partial charge in [-0.25, -0.2) is 9.97 Å². The summed E-state index contributed by atoms with van der Waals surface area (Å²) in [5.41, 5.74) is 8.88. The van der Waals surface area contributed by atoms with Crippen molar-refractivity contribution in [3.05, 3.63) is 54.0 Å². The molecule has 0 spiro atoms. The third kappa shape index (κ3) is 2.11. The molecule has 0 atom stereocenters. The minimum Gasteiger partial charge on any atom is -0.330 e. The molecule has 0 aliphatic carbocycles. The fourth-order valence-electron chi connectivity index (χ4n) is 2.22. The van der Waals surface area contributed by atoms with Gasteiger partial charge in [-0.15, -0.1) is 0 Å². The van der Waals surface area contributed by atoms with E-state index < -0.39 is 0 Å². The van der Waals surface area contributed by atoms with Gasteiger partial charge in [-0.3, -0.25) is 4.57 Å². The maximum atomic E-state index is 5.68. The Morgan fingerprint density at radius 2 is 2.00 bits per heavy atom. The summed E-state index contributed by atoms with van der Waals surface area (Å²) in [4.78, 5) is 9.14. The SMILES string of the molecule is Cc1ccc(-n2c(CCN)nc3ccccc32)nc1. The van der Waals surface area contributed by atoms with Crippen molar-refractivity contribution in [2.45, 2.75) is 13.3 Å². The van der Waals surface area contributed by atoms with Crippen LogP contribution in [0.1, 0.15) is 11.4 Å². The van der Waals surface area contributed by atoms with E-state index >= 15 is 0 Å². The molecular weight excluding hydrogens is 236 g/mol. The van der Waals surface area contributed by atoms with Crippen molar-refractivity contribution < 1.29 is 0 Å². The van der Waals surface area contributed by atoms with E-state index in [4.69, 9.17) is 5.73 Å². The van der Waals surface area contributed by atoms with Crippen molar-refractivity contribution in [2.24, 2.45) is 5.73 Å². The lowest BCUT2D eigenvalue weighted by molar-refractivity contribution is 0.834. The number of rotatable bonds is 3. The molecule has 96 valence electrons. The summed E-state index contributed by atoms with van der Waals surface area (Å²) in [6.07, 6.45) is 2.61. The average molecular weight is 252 g/mol. The highest BCUT2D eigenvalue weighted by molar-refractivity contribution is 5.77. The maximum absolute atomic E-state index is 5.68. The fraction of sp³-hybridized carbons (Fsp3) is 0.200. The van der Waals surface area contributed by atoms with Crippen LogP contribution in [0.5, 0.6) is 0 Å². The lowest BCUT2D eigenvalue weighted by atomic mass is 10.3. The zero-order valence-electron chi connectivity index (χ0n) is 10.9. The smallest absolute Gasteiger partial charge is 0.138 e. The van der Waals surface area contributed by atoms with Crippen LogP contribution in [-0.2, 0) is 6.42 Å². The molecule has 0 amide bonds. The van der Waals surface area contributed by atoms with Crippen LogP contribution in [0.4, 0.5) is 0 Å². The van der Waals surface area contributed by atoms with E-state index in [9.17, 15) is 0 Å². The number of imidazole rings is 1. The summed E-state index contributed by atoms with van der Waals surface area (Å²) in [5.74, 6) is 1.85. The molecule has 3 rings (SSSR count). The van der Waals surface area contributed by atoms with E-state index in [2.05, 4.69) is 26.7 Å². The van der Waals surface area contributed by atoms with Gasteiger partial charge in [0.05, 0.1) is 11.0 Å². The van der Waals surface area contributed by atoms with Crippen LogP contribution in [0.25, 0.3) is 16.9 Å². The molecule has 0 fully saturated rings. The number of aromatic nitrogens is 3. The number of nitrogens with zero attached hydrogens (tertiary/aromatic N) is 3. The van der Waals surface area contributed by atoms with Gasteiger partial charge in [0.15, 0.2) is 0 Å². The van der Waals surface area contributed by atoms with Crippen LogP contribution in [0.2, 0.25) is 0 Å². The summed E-state index contributed by atoms with van der Waals surface area (Å²) >= 11 is 0. The van der Waals surface area contributed by atoms with E-state index in [0.717, 1.165) is 34.7 Å². The summed E-state index contributed by atoms with van der Waals surface area (Å²) in [5, 5.41) is 0. The molecule has 19 heavy (non-hydrogen) atoms. The van der Waals surface area contributed by atoms with Crippen molar-refractivity contribution in [2.75, 3.05) is 6.54 Å². The first kappa shape index (κ1) is 11.9. The van der Waals surface area contributed by atoms with E-state index in [0.29, 0.717) is 6.54 Å². The first-order valence-electron chi connectivity index (χ1n) is 6.39. The Balaban J connectivity index is 2.24. The number of fused-ring (bicyclic) bond motifs is 1. The van der Waals surface area contributed by atoms with E-state index in [1.807, 2.05) is 37.4 Å². The van der Waals surface area contributed by atoms with Gasteiger partial charge in [-0.05, 0) is 37.2 Å². The zero-order chi connectivity index (χ0) is 13.2. The molecule has 0 bridgehead atoms. The number of aryl methyl sites for hydroxylation is 1. The Morgan fingerprint density at radius 1 is 1.16 bits per heavy atom. The van der Waals surface area contributed by atoms with Crippen molar-refractivity contribution >= 4 is 11.0 Å². The summed E-state index contributed by atoms with van der Waals surface area (Å²) < 4.78 is 2.08. The third-order valence-electron chi connectivity index (χ3n) is 3.12. The molecule has 1 aromatic carbocycles. The second kappa shape index (κ2) is 4.82. The van der Waals surface area contributed by atoms with Crippen LogP contribution < -0.4 is 5.73 Å². The van der Waals surface area contributed by atoms with Gasteiger partial charge in [-0.1, -0.05) is 18.2 Å². The summed E-state index contributed by atoms with van der Waals surface area (Å²) in [7, 11) is 0. The largest absolute Gasteiger partial charge is 0.330 e. The normalized spacial score (nSPS) is 11.1. The van der Waals surface area contributed by atoms with Gasteiger partial charge in [0.1, 0.15) is 11.6 Å². The predicted octanol–water partition coefficient (Wildman–Crippen LogP) is 2.23. The van der Waals surface area contributed by atoms with Crippen molar-refractivity contribution in [1.82, 2.24) is 14.5 Å². The number of hydrogen-bond donors (Lipinski definition) is 1. The zero-order valence-corrected chi connectivity index (χ0v) is 10.9. The van der Waals surface area contributed by atoms with Gasteiger partial charge in [0, 0.05) is 12.6 Å². The molecule has 4 heteroatoms. The van der Waals surface area contributed by atoms with Gasteiger partial charge in [-0.2, -0.15) is 0 Å².